The summed E-state index contributed by atoms with van der Waals surface area (Å²) in [7, 11) is -3.77. The molecule has 3 rings (SSSR count). The Bertz CT molecular complexity index is 980. The molecule has 7 nitrogen and oxygen atoms in total. The predicted molar refractivity (Wildman–Crippen MR) is 94.0 cm³/mol. The van der Waals surface area contributed by atoms with E-state index >= 15 is 0 Å². The van der Waals surface area contributed by atoms with E-state index in [1.807, 2.05) is 6.07 Å². The van der Waals surface area contributed by atoms with Gasteiger partial charge in [-0.2, -0.15) is 9.57 Å². The Morgan fingerprint density at radius 3 is 2.38 bits per heavy atom. The highest BCUT2D eigenvalue weighted by atomic mass is 32.2. The van der Waals surface area contributed by atoms with Crippen LogP contribution in [0.1, 0.15) is 27.4 Å². The Morgan fingerprint density at radius 2 is 1.81 bits per heavy atom. The first-order valence-corrected chi connectivity index (χ1v) is 9.64. The second kappa shape index (κ2) is 6.94. The number of piperazine rings is 1. The van der Waals surface area contributed by atoms with E-state index < -0.39 is 10.0 Å². The number of sulfonamides is 1. The van der Waals surface area contributed by atoms with Gasteiger partial charge in [-0.3, -0.25) is 4.79 Å². The Kier molecular flexibility index (Phi) is 4.85. The van der Waals surface area contributed by atoms with Gasteiger partial charge in [0.2, 0.25) is 10.0 Å². The van der Waals surface area contributed by atoms with Gasteiger partial charge in [0.1, 0.15) is 17.6 Å². The third-order valence-corrected chi connectivity index (χ3v) is 6.38. The molecule has 1 amide bonds. The molecule has 0 unspecified atom stereocenters. The number of aryl methyl sites for hydroxylation is 2. The second-order valence-corrected chi connectivity index (χ2v) is 8.04. The molecule has 1 saturated heterocycles. The minimum Gasteiger partial charge on any atom is -0.466 e. The number of hydrogen-bond donors (Lipinski definition) is 0. The van der Waals surface area contributed by atoms with Crippen molar-refractivity contribution >= 4 is 15.9 Å². The highest BCUT2D eigenvalue weighted by Crippen LogP contribution is 2.22. The topological polar surface area (TPSA) is 94.6 Å². The fourth-order valence-corrected chi connectivity index (χ4v) is 4.63. The Balaban J connectivity index is 1.75. The first kappa shape index (κ1) is 18.2. The SMILES string of the molecule is Cc1cc(C(=O)N2CCN(S(=O)(=O)c3ccccc3C#N)CC2)c(C)o1. The molecule has 1 aromatic heterocycles. The van der Waals surface area contributed by atoms with Gasteiger partial charge in [-0.15, -0.1) is 0 Å². The number of carbonyl (C=O) groups excluding carboxylic acids is 1. The average Bonchev–Trinajstić information content (AvgIpc) is 2.99. The number of furan rings is 1. The van der Waals surface area contributed by atoms with Gasteiger partial charge >= 0.3 is 0 Å². The maximum atomic E-state index is 12.8. The second-order valence-electron chi connectivity index (χ2n) is 6.13. The largest absolute Gasteiger partial charge is 0.466 e. The van der Waals surface area contributed by atoms with Gasteiger partial charge in [-0.25, -0.2) is 8.42 Å². The zero-order valence-electron chi connectivity index (χ0n) is 14.6. The van der Waals surface area contributed by atoms with Crippen LogP contribution in [-0.4, -0.2) is 49.7 Å². The average molecular weight is 373 g/mol. The zero-order chi connectivity index (χ0) is 18.9. The van der Waals surface area contributed by atoms with Gasteiger partial charge < -0.3 is 9.32 Å². The summed E-state index contributed by atoms with van der Waals surface area (Å²) in [5, 5.41) is 9.15. The molecular weight excluding hydrogens is 354 g/mol. The van der Waals surface area contributed by atoms with E-state index in [0.29, 0.717) is 17.1 Å². The lowest BCUT2D eigenvalue weighted by Gasteiger charge is -2.34. The Morgan fingerprint density at radius 1 is 1.15 bits per heavy atom. The van der Waals surface area contributed by atoms with E-state index in [4.69, 9.17) is 9.68 Å². The van der Waals surface area contributed by atoms with E-state index in [-0.39, 0.29) is 42.5 Å². The molecule has 0 N–H and O–H groups in total. The number of hydrogen-bond acceptors (Lipinski definition) is 5. The standard InChI is InChI=1S/C18H19N3O4S/c1-13-11-16(14(2)25-13)18(22)20-7-9-21(10-8-20)26(23,24)17-6-4-3-5-15(17)12-19/h3-6,11H,7-10H2,1-2H3. The quantitative estimate of drug-likeness (QED) is 0.819. The van der Waals surface area contributed by atoms with Gasteiger partial charge in [-0.1, -0.05) is 12.1 Å². The van der Waals surface area contributed by atoms with Crippen molar-refractivity contribution in [3.63, 3.8) is 0 Å². The lowest BCUT2D eigenvalue weighted by molar-refractivity contribution is 0.0696. The molecule has 0 saturated carbocycles. The van der Waals surface area contributed by atoms with Crippen LogP contribution in [0, 0.1) is 25.2 Å². The highest BCUT2D eigenvalue weighted by molar-refractivity contribution is 7.89. The van der Waals surface area contributed by atoms with Crippen LogP contribution >= 0.6 is 0 Å². The smallest absolute Gasteiger partial charge is 0.257 e. The summed E-state index contributed by atoms with van der Waals surface area (Å²) in [4.78, 5) is 14.2. The number of nitriles is 1. The summed E-state index contributed by atoms with van der Waals surface area (Å²) in [6.07, 6.45) is 0. The molecular formula is C18H19N3O4S. The normalized spacial score (nSPS) is 15.7. The van der Waals surface area contributed by atoms with E-state index in [9.17, 15) is 13.2 Å². The number of benzene rings is 1. The Labute approximate surface area is 152 Å². The van der Waals surface area contributed by atoms with Crippen LogP contribution in [-0.2, 0) is 10.0 Å². The first-order chi connectivity index (χ1) is 12.3. The first-order valence-electron chi connectivity index (χ1n) is 8.20. The molecule has 8 heteroatoms. The van der Waals surface area contributed by atoms with Crippen molar-refractivity contribution in [2.45, 2.75) is 18.7 Å². The molecule has 0 spiro atoms. The molecule has 0 aliphatic carbocycles. The Hall–Kier alpha value is -2.63. The van der Waals surface area contributed by atoms with Crippen LogP contribution in [0.2, 0.25) is 0 Å². The van der Waals surface area contributed by atoms with Gasteiger partial charge in [0.25, 0.3) is 5.91 Å². The van der Waals surface area contributed by atoms with E-state index in [2.05, 4.69) is 0 Å². The van der Waals surface area contributed by atoms with Crippen LogP contribution in [0.3, 0.4) is 0 Å². The van der Waals surface area contributed by atoms with Gasteiger partial charge in [0, 0.05) is 26.2 Å². The molecule has 0 atom stereocenters. The van der Waals surface area contributed by atoms with Crippen LogP contribution in [0.15, 0.2) is 39.6 Å². The van der Waals surface area contributed by atoms with Crippen molar-refractivity contribution in [3.05, 3.63) is 53.0 Å². The number of carbonyl (C=O) groups is 1. The third kappa shape index (κ3) is 3.23. The molecule has 1 aliphatic rings. The molecule has 0 bridgehead atoms. The summed E-state index contributed by atoms with van der Waals surface area (Å²) in [5.74, 6) is 1.07. The lowest BCUT2D eigenvalue weighted by atomic mass is 10.2. The van der Waals surface area contributed by atoms with Gasteiger partial charge in [0.05, 0.1) is 16.0 Å². The minimum atomic E-state index is -3.77. The fourth-order valence-electron chi connectivity index (χ4n) is 3.07. The van der Waals surface area contributed by atoms with Crippen molar-refractivity contribution in [1.29, 1.82) is 5.26 Å². The minimum absolute atomic E-state index is 0.00332. The zero-order valence-corrected chi connectivity index (χ0v) is 15.4. The van der Waals surface area contributed by atoms with E-state index in [0.717, 1.165) is 0 Å². The molecule has 1 aromatic carbocycles. The number of nitrogens with zero attached hydrogens (tertiary/aromatic N) is 3. The summed E-state index contributed by atoms with van der Waals surface area (Å²) in [6.45, 7) is 4.46. The molecule has 136 valence electrons. The maximum absolute atomic E-state index is 12.8. The monoisotopic (exact) mass is 373 g/mol. The van der Waals surface area contributed by atoms with Crippen molar-refractivity contribution < 1.29 is 17.6 Å². The summed E-state index contributed by atoms with van der Waals surface area (Å²) in [6, 6.07) is 9.75. The van der Waals surface area contributed by atoms with Crippen LogP contribution in [0.5, 0.6) is 0 Å². The number of rotatable bonds is 3. The summed E-state index contributed by atoms with van der Waals surface area (Å²) >= 11 is 0. The van der Waals surface area contributed by atoms with Gasteiger partial charge in [0.15, 0.2) is 0 Å². The predicted octanol–water partition coefficient (Wildman–Crippen LogP) is 1.91. The fraction of sp³-hybridized carbons (Fsp3) is 0.333. The van der Waals surface area contributed by atoms with Crippen molar-refractivity contribution in [1.82, 2.24) is 9.21 Å². The van der Waals surface area contributed by atoms with Crippen molar-refractivity contribution in [2.75, 3.05) is 26.2 Å². The molecule has 0 radical (unpaired) electrons. The van der Waals surface area contributed by atoms with Gasteiger partial charge in [-0.05, 0) is 32.0 Å². The third-order valence-electron chi connectivity index (χ3n) is 4.42. The van der Waals surface area contributed by atoms with Crippen LogP contribution in [0.4, 0.5) is 0 Å². The maximum Gasteiger partial charge on any atom is 0.257 e. The molecule has 2 heterocycles. The van der Waals surface area contributed by atoms with Crippen molar-refractivity contribution in [3.8, 4) is 6.07 Å². The van der Waals surface area contributed by atoms with E-state index in [1.165, 1.54) is 16.4 Å². The lowest BCUT2D eigenvalue weighted by Crippen LogP contribution is -2.50. The highest BCUT2D eigenvalue weighted by Gasteiger charge is 2.32. The van der Waals surface area contributed by atoms with Crippen LogP contribution < -0.4 is 0 Å². The summed E-state index contributed by atoms with van der Waals surface area (Å²) in [5.41, 5.74) is 0.629. The molecule has 1 fully saturated rings. The molecule has 26 heavy (non-hydrogen) atoms. The molecule has 2 aromatic rings. The van der Waals surface area contributed by atoms with Crippen molar-refractivity contribution in [2.24, 2.45) is 0 Å². The summed E-state index contributed by atoms with van der Waals surface area (Å²) < 4.78 is 32.4. The number of amides is 1. The molecule has 1 aliphatic heterocycles. The van der Waals surface area contributed by atoms with E-state index in [1.54, 1.807) is 36.9 Å². The van der Waals surface area contributed by atoms with Crippen LogP contribution in [0.25, 0.3) is 0 Å².